The van der Waals surface area contributed by atoms with E-state index in [0.717, 1.165) is 5.56 Å². The Labute approximate surface area is 229 Å². The number of benzene rings is 2. The fourth-order valence-corrected chi connectivity index (χ4v) is 4.99. The van der Waals surface area contributed by atoms with Crippen LogP contribution < -0.4 is 15.4 Å². The van der Waals surface area contributed by atoms with Gasteiger partial charge < -0.3 is 35.6 Å². The molecule has 0 saturated carbocycles. The van der Waals surface area contributed by atoms with Crippen molar-refractivity contribution in [1.82, 2.24) is 10.6 Å². The molecule has 1 saturated heterocycles. The molecule has 3 N–H and O–H groups in total. The highest BCUT2D eigenvalue weighted by Gasteiger charge is 2.38. The molecule has 1 fully saturated rings. The number of nitrogens with one attached hydrogen (secondary N) is 2. The molecular weight excluding hydrogens is 530 g/mol. The van der Waals surface area contributed by atoms with Crippen LogP contribution in [0.1, 0.15) is 52.9 Å². The number of carbonyl (C=O) groups excluding carboxylic acids is 4. The standard InChI is InChI=1S/C26H30N3O9S/c1-16(30)28-19(14-17-8-10-18(11-9-17)22-15-23(32)29(35,36)39-22)25(33)27-12-3-4-13-38-21-7-5-6-20(31)24(21)26(34)37-2/h5-11,19,22,31H,3-4,12-15H2,1-2H3,(H,27,33)(H,28,30)/q-1/t19-,22?/m0/s1. The predicted octanol–water partition coefficient (Wildman–Crippen LogP) is 2.63. The topological polar surface area (TPSA) is 177 Å². The lowest BCUT2D eigenvalue weighted by Crippen LogP contribution is -2.47. The number of hydrogen-bond acceptors (Lipinski definition) is 10. The number of rotatable bonds is 12. The van der Waals surface area contributed by atoms with Crippen LogP contribution in [0.15, 0.2) is 42.5 Å². The summed E-state index contributed by atoms with van der Waals surface area (Å²) >= 11 is 0.494. The Morgan fingerprint density at radius 1 is 1.15 bits per heavy atom. The van der Waals surface area contributed by atoms with Crippen LogP contribution in [0.4, 0.5) is 0 Å². The van der Waals surface area contributed by atoms with E-state index in [1.165, 1.54) is 20.1 Å². The number of unbranched alkanes of at least 4 members (excludes halogenated alkanes) is 1. The first kappa shape index (κ1) is 29.9. The second kappa shape index (κ2) is 13.4. The van der Waals surface area contributed by atoms with E-state index in [9.17, 15) is 34.7 Å². The Kier molecular flexibility index (Phi) is 10.3. The van der Waals surface area contributed by atoms with Crippen molar-refractivity contribution in [2.45, 2.75) is 43.9 Å². The first-order valence-corrected chi connectivity index (χ1v) is 13.0. The van der Waals surface area contributed by atoms with Crippen LogP contribution in [0, 0.1) is 10.4 Å². The average molecular weight is 561 g/mol. The van der Waals surface area contributed by atoms with Gasteiger partial charge in [-0.15, -0.1) is 0 Å². The van der Waals surface area contributed by atoms with Gasteiger partial charge in [-0.05, 0) is 36.1 Å². The summed E-state index contributed by atoms with van der Waals surface area (Å²) in [7, 11) is 1.20. The molecule has 2 aromatic rings. The summed E-state index contributed by atoms with van der Waals surface area (Å²) in [4.78, 5) is 47.9. The number of carbonyl (C=O) groups is 4. The number of phenolic OH excluding ortho intramolecular Hbond substituents is 1. The molecule has 1 unspecified atom stereocenters. The summed E-state index contributed by atoms with van der Waals surface area (Å²) in [6.07, 6.45) is 1.16. The summed E-state index contributed by atoms with van der Waals surface area (Å²) in [6.45, 7) is 1.86. The number of nitrogens with zero attached hydrogens (tertiary/aromatic N) is 1. The summed E-state index contributed by atoms with van der Waals surface area (Å²) in [5.41, 5.74) is 1.35. The Hall–Kier alpha value is -3.65. The lowest BCUT2D eigenvalue weighted by molar-refractivity contribution is -0.593. The Bertz CT molecular complexity index is 1200. The number of aromatic hydroxyl groups is 1. The second-order valence-electron chi connectivity index (χ2n) is 8.88. The monoisotopic (exact) mass is 560 g/mol. The number of ether oxygens (including phenoxy) is 2. The number of hydroxylamine groups is 2. The molecule has 2 aromatic carbocycles. The molecule has 210 valence electrons. The first-order valence-electron chi connectivity index (χ1n) is 12.2. The Morgan fingerprint density at radius 3 is 2.49 bits per heavy atom. The van der Waals surface area contributed by atoms with Gasteiger partial charge in [0, 0.05) is 19.9 Å². The summed E-state index contributed by atoms with van der Waals surface area (Å²) in [5.74, 6) is -2.42. The molecule has 0 radical (unpaired) electrons. The Morgan fingerprint density at radius 2 is 1.87 bits per heavy atom. The maximum Gasteiger partial charge on any atom is 0.345 e. The van der Waals surface area contributed by atoms with E-state index < -0.39 is 27.4 Å². The van der Waals surface area contributed by atoms with Gasteiger partial charge in [-0.2, -0.15) is 0 Å². The zero-order valence-electron chi connectivity index (χ0n) is 21.5. The van der Waals surface area contributed by atoms with Gasteiger partial charge in [0.25, 0.3) is 0 Å². The summed E-state index contributed by atoms with van der Waals surface area (Å²) in [5, 5.41) is 37.9. The van der Waals surface area contributed by atoms with E-state index in [4.69, 9.17) is 4.74 Å². The van der Waals surface area contributed by atoms with Crippen LogP contribution in [-0.4, -0.2) is 59.3 Å². The number of hydrogen-bond donors (Lipinski definition) is 3. The van der Waals surface area contributed by atoms with Crippen molar-refractivity contribution in [2.75, 3.05) is 20.3 Å². The van der Waals surface area contributed by atoms with Gasteiger partial charge in [-0.1, -0.05) is 30.3 Å². The van der Waals surface area contributed by atoms with Gasteiger partial charge in [0.15, 0.2) is 0 Å². The van der Waals surface area contributed by atoms with E-state index in [1.54, 1.807) is 36.4 Å². The first-order chi connectivity index (χ1) is 18.5. The number of esters is 1. The summed E-state index contributed by atoms with van der Waals surface area (Å²) in [6, 6.07) is 10.5. The highest BCUT2D eigenvalue weighted by Crippen LogP contribution is 2.46. The van der Waals surface area contributed by atoms with Crippen LogP contribution in [0.5, 0.6) is 11.5 Å². The van der Waals surface area contributed by atoms with Crippen LogP contribution in [0.3, 0.4) is 0 Å². The molecule has 0 spiro atoms. The molecular formula is C26H30N3O9S-. The zero-order valence-corrected chi connectivity index (χ0v) is 22.3. The molecule has 12 nitrogen and oxygen atoms in total. The maximum absolute atomic E-state index is 12.8. The molecule has 0 aliphatic carbocycles. The third kappa shape index (κ3) is 8.17. The molecule has 0 bridgehead atoms. The zero-order chi connectivity index (χ0) is 28.6. The van der Waals surface area contributed by atoms with E-state index in [2.05, 4.69) is 15.4 Å². The van der Waals surface area contributed by atoms with Crippen molar-refractivity contribution in [3.05, 3.63) is 69.6 Å². The SMILES string of the molecule is COC(=O)c1c(O)cccc1OCCCCNC(=O)[C@H](Cc1ccc(C2CC(=O)[N+]([O-])([O-])S2)cc1)NC(C)=O. The van der Waals surface area contributed by atoms with Gasteiger partial charge >= 0.3 is 11.9 Å². The number of quaternary nitrogens is 1. The number of methoxy groups -OCH3 is 1. The fraction of sp³-hybridized carbons (Fsp3) is 0.385. The van der Waals surface area contributed by atoms with Gasteiger partial charge in [0.05, 0.1) is 37.3 Å². The molecule has 39 heavy (non-hydrogen) atoms. The van der Waals surface area contributed by atoms with E-state index in [1.807, 2.05) is 0 Å². The second-order valence-corrected chi connectivity index (χ2v) is 10.1. The summed E-state index contributed by atoms with van der Waals surface area (Å²) < 4.78 is 8.07. The highest BCUT2D eigenvalue weighted by atomic mass is 32.2. The molecule has 1 aliphatic rings. The van der Waals surface area contributed by atoms with Crippen LogP contribution in [0.25, 0.3) is 0 Å². The maximum atomic E-state index is 12.8. The molecule has 3 rings (SSSR count). The normalized spacial score (nSPS) is 16.8. The number of phenols is 1. The van der Waals surface area contributed by atoms with Gasteiger partial charge in [0.2, 0.25) is 11.8 Å². The van der Waals surface area contributed by atoms with Crippen molar-refractivity contribution in [3.63, 3.8) is 0 Å². The fourth-order valence-electron chi connectivity index (χ4n) is 3.96. The quantitative estimate of drug-likeness (QED) is 0.115. The molecule has 1 heterocycles. The van der Waals surface area contributed by atoms with Crippen LogP contribution >= 0.6 is 11.9 Å². The lowest BCUT2D eigenvalue weighted by Gasteiger charge is -2.36. The Balaban J connectivity index is 1.48. The third-order valence-electron chi connectivity index (χ3n) is 5.94. The average Bonchev–Trinajstić information content (AvgIpc) is 3.17. The van der Waals surface area contributed by atoms with Crippen molar-refractivity contribution in [1.29, 1.82) is 0 Å². The molecule has 2 atom stereocenters. The van der Waals surface area contributed by atoms with Gasteiger partial charge in [0.1, 0.15) is 23.1 Å². The molecule has 1 aliphatic heterocycles. The lowest BCUT2D eigenvalue weighted by atomic mass is 10.0. The van der Waals surface area contributed by atoms with Crippen molar-refractivity contribution in [3.8, 4) is 11.5 Å². The minimum Gasteiger partial charge on any atom is -0.612 e. The van der Waals surface area contributed by atoms with Crippen molar-refractivity contribution in [2.24, 2.45) is 0 Å². The van der Waals surface area contributed by atoms with E-state index in [-0.39, 0.29) is 48.3 Å². The van der Waals surface area contributed by atoms with E-state index in [0.29, 0.717) is 36.9 Å². The molecule has 13 heteroatoms. The van der Waals surface area contributed by atoms with Gasteiger partial charge in [-0.25, -0.2) is 9.59 Å². The third-order valence-corrected chi connectivity index (χ3v) is 7.11. The minimum absolute atomic E-state index is 0.0574. The molecule has 0 aromatic heterocycles. The van der Waals surface area contributed by atoms with Crippen LogP contribution in [0.2, 0.25) is 0 Å². The van der Waals surface area contributed by atoms with E-state index >= 15 is 0 Å². The van der Waals surface area contributed by atoms with Gasteiger partial charge in [-0.3, -0.25) is 13.8 Å². The smallest absolute Gasteiger partial charge is 0.345 e. The highest BCUT2D eigenvalue weighted by molar-refractivity contribution is 7.94. The van der Waals surface area contributed by atoms with Crippen LogP contribution in [-0.2, 0) is 25.5 Å². The minimum atomic E-state index is -2.20. The molecule has 3 amide bonds. The number of amides is 3. The largest absolute Gasteiger partial charge is 0.612 e. The predicted molar refractivity (Wildman–Crippen MR) is 142 cm³/mol. The van der Waals surface area contributed by atoms with Crippen molar-refractivity contribution >= 4 is 35.6 Å². The van der Waals surface area contributed by atoms with Crippen molar-refractivity contribution < 1.29 is 38.0 Å².